The molecule has 4 nitrogen and oxygen atoms in total. The number of aromatic nitrogens is 1. The molecular formula is C13H12N2O2S. The number of hydrogen-bond donors (Lipinski definition) is 1. The summed E-state index contributed by atoms with van der Waals surface area (Å²) in [4.78, 5) is 11.7. The minimum Gasteiger partial charge on any atom is -0.618 e. The Morgan fingerprint density at radius 3 is 2.61 bits per heavy atom. The van der Waals surface area contributed by atoms with Crippen LogP contribution in [0.15, 0.2) is 59.8 Å². The lowest BCUT2D eigenvalue weighted by atomic mass is 10.3. The van der Waals surface area contributed by atoms with Crippen LogP contribution in [0.5, 0.6) is 0 Å². The topological polar surface area (TPSA) is 56.0 Å². The zero-order valence-electron chi connectivity index (χ0n) is 9.58. The first kappa shape index (κ1) is 12.4. The first-order chi connectivity index (χ1) is 8.75. The third kappa shape index (κ3) is 3.49. The highest BCUT2D eigenvalue weighted by Gasteiger charge is 2.08. The van der Waals surface area contributed by atoms with Crippen LogP contribution in [0.25, 0.3) is 0 Å². The second-order valence-corrected chi connectivity index (χ2v) is 4.56. The lowest BCUT2D eigenvalue weighted by Gasteiger charge is -2.05. The number of carbonyl (C=O) groups excluding carboxylic acids is 1. The van der Waals surface area contributed by atoms with Gasteiger partial charge in [-0.1, -0.05) is 18.2 Å². The second-order valence-electron chi connectivity index (χ2n) is 3.57. The van der Waals surface area contributed by atoms with Crippen LogP contribution in [0.1, 0.15) is 0 Å². The number of benzene rings is 1. The Bertz CT molecular complexity index is 532. The molecule has 1 N–H and O–H groups in total. The number of nitrogens with zero attached hydrogens (tertiary/aromatic N) is 1. The second kappa shape index (κ2) is 6.07. The fourth-order valence-electron chi connectivity index (χ4n) is 1.38. The lowest BCUT2D eigenvalue weighted by molar-refractivity contribution is -0.645. The molecule has 1 heterocycles. The Morgan fingerprint density at radius 2 is 1.89 bits per heavy atom. The number of nitrogens with one attached hydrogen (secondary N) is 1. The van der Waals surface area contributed by atoms with Gasteiger partial charge in [-0.2, -0.15) is 4.73 Å². The van der Waals surface area contributed by atoms with Crippen LogP contribution in [0.2, 0.25) is 0 Å². The van der Waals surface area contributed by atoms with Gasteiger partial charge in [0, 0.05) is 17.8 Å². The number of hydrogen-bond acceptors (Lipinski definition) is 3. The van der Waals surface area contributed by atoms with E-state index < -0.39 is 0 Å². The van der Waals surface area contributed by atoms with Gasteiger partial charge in [0.05, 0.1) is 5.75 Å². The minimum absolute atomic E-state index is 0.130. The maximum atomic E-state index is 11.7. The molecule has 0 radical (unpaired) electrons. The largest absolute Gasteiger partial charge is 0.618 e. The number of rotatable bonds is 4. The fraction of sp³-hybridized carbons (Fsp3) is 0.0769. The van der Waals surface area contributed by atoms with Gasteiger partial charge >= 0.3 is 0 Å². The Hall–Kier alpha value is -2.01. The Morgan fingerprint density at radius 1 is 1.17 bits per heavy atom. The fourth-order valence-corrected chi connectivity index (χ4v) is 2.10. The highest BCUT2D eigenvalue weighted by atomic mass is 32.2. The summed E-state index contributed by atoms with van der Waals surface area (Å²) >= 11 is 1.21. The number of pyridine rings is 1. The number of carbonyl (C=O) groups is 1. The molecule has 0 saturated carbocycles. The molecule has 0 aliphatic carbocycles. The Balaban J connectivity index is 1.88. The van der Waals surface area contributed by atoms with Crippen LogP contribution < -0.4 is 10.0 Å². The van der Waals surface area contributed by atoms with E-state index in [9.17, 15) is 10.0 Å². The van der Waals surface area contributed by atoms with Crippen molar-refractivity contribution in [3.8, 4) is 0 Å². The van der Waals surface area contributed by atoms with Gasteiger partial charge in [-0.05, 0) is 30.0 Å². The number of thioether (sulfide) groups is 1. The first-order valence-electron chi connectivity index (χ1n) is 5.41. The van der Waals surface area contributed by atoms with Crippen molar-refractivity contribution in [3.05, 3.63) is 59.9 Å². The van der Waals surface area contributed by atoms with Gasteiger partial charge in [0.1, 0.15) is 0 Å². The molecular weight excluding hydrogens is 248 g/mol. The highest BCUT2D eigenvalue weighted by Crippen LogP contribution is 2.13. The average molecular weight is 260 g/mol. The van der Waals surface area contributed by atoms with Gasteiger partial charge in [0.2, 0.25) is 5.91 Å². The zero-order chi connectivity index (χ0) is 12.8. The quantitative estimate of drug-likeness (QED) is 0.520. The van der Waals surface area contributed by atoms with Crippen molar-refractivity contribution in [1.29, 1.82) is 0 Å². The molecule has 0 saturated heterocycles. The zero-order valence-corrected chi connectivity index (χ0v) is 10.4. The van der Waals surface area contributed by atoms with Crippen molar-refractivity contribution >= 4 is 23.4 Å². The van der Waals surface area contributed by atoms with E-state index in [4.69, 9.17) is 0 Å². The summed E-state index contributed by atoms with van der Waals surface area (Å²) < 4.78 is 0.750. The molecule has 0 bridgehead atoms. The van der Waals surface area contributed by atoms with Crippen molar-refractivity contribution < 1.29 is 9.52 Å². The van der Waals surface area contributed by atoms with E-state index in [1.54, 1.807) is 18.2 Å². The summed E-state index contributed by atoms with van der Waals surface area (Å²) in [7, 11) is 0. The molecule has 5 heteroatoms. The van der Waals surface area contributed by atoms with E-state index in [-0.39, 0.29) is 11.7 Å². The Labute approximate surface area is 109 Å². The normalized spacial score (nSPS) is 10.0. The molecule has 0 fully saturated rings. The van der Waals surface area contributed by atoms with Gasteiger partial charge in [-0.3, -0.25) is 4.79 Å². The molecule has 0 aliphatic heterocycles. The smallest absolute Gasteiger partial charge is 0.251 e. The third-order valence-corrected chi connectivity index (χ3v) is 3.22. The van der Waals surface area contributed by atoms with Crippen LogP contribution >= 0.6 is 11.8 Å². The van der Waals surface area contributed by atoms with E-state index in [2.05, 4.69) is 5.32 Å². The van der Waals surface area contributed by atoms with E-state index >= 15 is 0 Å². The number of anilines is 1. The van der Waals surface area contributed by atoms with E-state index in [1.165, 1.54) is 18.0 Å². The highest BCUT2D eigenvalue weighted by molar-refractivity contribution is 7.99. The molecule has 0 atom stereocenters. The van der Waals surface area contributed by atoms with Gasteiger partial charge in [-0.15, -0.1) is 0 Å². The van der Waals surface area contributed by atoms with Crippen molar-refractivity contribution in [3.63, 3.8) is 0 Å². The van der Waals surface area contributed by atoms with Crippen LogP contribution in [0.3, 0.4) is 0 Å². The summed E-state index contributed by atoms with van der Waals surface area (Å²) in [5.41, 5.74) is 0.756. The van der Waals surface area contributed by atoms with Crippen LogP contribution in [0.4, 0.5) is 5.69 Å². The standard InChI is InChI=1S/C13H12N2O2S/c16-12(14-11-6-2-1-3-7-11)10-18-13-8-4-5-9-15(13)17/h1-9H,10H2,(H,14,16). The van der Waals surface area contributed by atoms with Crippen molar-refractivity contribution in [2.24, 2.45) is 0 Å². The molecule has 0 unspecified atom stereocenters. The van der Waals surface area contributed by atoms with Crippen LogP contribution in [0, 0.1) is 5.21 Å². The molecule has 0 spiro atoms. The van der Waals surface area contributed by atoms with E-state index in [0.717, 1.165) is 10.4 Å². The van der Waals surface area contributed by atoms with Crippen molar-refractivity contribution in [2.75, 3.05) is 11.1 Å². The van der Waals surface area contributed by atoms with Gasteiger partial charge in [0.25, 0.3) is 5.03 Å². The summed E-state index contributed by atoms with van der Waals surface area (Å²) in [5, 5.41) is 14.6. The molecule has 18 heavy (non-hydrogen) atoms. The molecule has 1 amide bonds. The molecule has 92 valence electrons. The summed E-state index contributed by atoms with van der Waals surface area (Å²) in [5.74, 6) is 0.0799. The first-order valence-corrected chi connectivity index (χ1v) is 6.40. The average Bonchev–Trinajstić information content (AvgIpc) is 2.39. The Kier molecular flexibility index (Phi) is 4.20. The van der Waals surface area contributed by atoms with Crippen LogP contribution in [-0.2, 0) is 4.79 Å². The maximum absolute atomic E-state index is 11.7. The minimum atomic E-state index is -0.130. The predicted octanol–water partition coefficient (Wildman–Crippen LogP) is 2.05. The number of para-hydroxylation sites is 1. The molecule has 1 aromatic carbocycles. The molecule has 2 aromatic rings. The lowest BCUT2D eigenvalue weighted by Crippen LogP contribution is -2.28. The van der Waals surface area contributed by atoms with E-state index in [1.807, 2.05) is 30.3 Å². The summed E-state index contributed by atoms with van der Waals surface area (Å²) in [6, 6.07) is 14.3. The van der Waals surface area contributed by atoms with E-state index in [0.29, 0.717) is 5.03 Å². The monoisotopic (exact) mass is 260 g/mol. The number of amides is 1. The molecule has 2 rings (SSSR count). The predicted molar refractivity (Wildman–Crippen MR) is 71.2 cm³/mol. The molecule has 1 aromatic heterocycles. The van der Waals surface area contributed by atoms with Crippen molar-refractivity contribution in [1.82, 2.24) is 0 Å². The van der Waals surface area contributed by atoms with Crippen molar-refractivity contribution in [2.45, 2.75) is 5.03 Å². The van der Waals surface area contributed by atoms with Gasteiger partial charge in [-0.25, -0.2) is 0 Å². The summed E-state index contributed by atoms with van der Waals surface area (Å²) in [6.45, 7) is 0. The van der Waals surface area contributed by atoms with Gasteiger partial charge in [0.15, 0.2) is 6.20 Å². The van der Waals surface area contributed by atoms with Crippen LogP contribution in [-0.4, -0.2) is 11.7 Å². The maximum Gasteiger partial charge on any atom is 0.251 e. The SMILES string of the molecule is O=C(CSc1cccc[n+]1[O-])Nc1ccccc1. The third-order valence-electron chi connectivity index (χ3n) is 2.20. The molecule has 0 aliphatic rings. The van der Waals surface area contributed by atoms with Gasteiger partial charge < -0.3 is 10.5 Å². The summed E-state index contributed by atoms with van der Waals surface area (Å²) in [6.07, 6.45) is 1.41.